The molecule has 1 N–H and O–H groups in total. The predicted molar refractivity (Wildman–Crippen MR) is 99.5 cm³/mol. The van der Waals surface area contributed by atoms with Crippen molar-refractivity contribution in [3.8, 4) is 0 Å². The van der Waals surface area contributed by atoms with Crippen LogP contribution in [0, 0.1) is 0 Å². The van der Waals surface area contributed by atoms with Gasteiger partial charge in [0.05, 0.1) is 0 Å². The molecule has 2 aromatic heterocycles. The number of ether oxygens (including phenoxy) is 1. The highest BCUT2D eigenvalue weighted by Crippen LogP contribution is 2.12. The van der Waals surface area contributed by atoms with Crippen LogP contribution in [0.4, 0.5) is 0 Å². The number of nitrogens with one attached hydrogen (secondary N) is 1. The van der Waals surface area contributed by atoms with Crippen LogP contribution in [-0.4, -0.2) is 44.0 Å². The second-order valence-corrected chi connectivity index (χ2v) is 7.50. The van der Waals surface area contributed by atoms with E-state index in [1.807, 2.05) is 4.57 Å². The van der Waals surface area contributed by atoms with Crippen molar-refractivity contribution in [2.45, 2.75) is 58.9 Å². The fourth-order valence-electron chi connectivity index (χ4n) is 3.94. The zero-order chi connectivity index (χ0) is 19.0. The number of hydrogen-bond donors (Lipinski definition) is 1. The van der Waals surface area contributed by atoms with Crippen molar-refractivity contribution in [3.63, 3.8) is 0 Å². The quantitative estimate of drug-likeness (QED) is 0.771. The summed E-state index contributed by atoms with van der Waals surface area (Å²) in [5, 5.41) is 0. The van der Waals surface area contributed by atoms with Gasteiger partial charge in [0.2, 0.25) is 0 Å². The molecule has 1 fully saturated rings. The molecule has 26 heavy (non-hydrogen) atoms. The molecule has 3 rings (SSSR count). The lowest BCUT2D eigenvalue weighted by atomic mass is 10.2. The molecule has 0 aromatic carbocycles. The van der Waals surface area contributed by atoms with E-state index < -0.39 is 0 Å². The first-order valence-corrected chi connectivity index (χ1v) is 9.47. The van der Waals surface area contributed by atoms with Crippen LogP contribution in [0.25, 0.3) is 11.2 Å². The summed E-state index contributed by atoms with van der Waals surface area (Å²) in [4.78, 5) is 31.1. The van der Waals surface area contributed by atoms with E-state index in [1.165, 1.54) is 21.1 Å². The Labute approximate surface area is 153 Å². The second-order valence-electron chi connectivity index (χ2n) is 7.50. The van der Waals surface area contributed by atoms with Gasteiger partial charge in [-0.2, -0.15) is 0 Å². The molecule has 144 valence electrons. The SMILES string of the molecule is CCCCn1c(C[NH+]2C[C@H](C)O[C@@H](C)C2)nc2c1c(=O)n(C)c(=O)n2C. The summed E-state index contributed by atoms with van der Waals surface area (Å²) >= 11 is 0. The van der Waals surface area contributed by atoms with Gasteiger partial charge in [0.25, 0.3) is 5.56 Å². The fraction of sp³-hybridized carbons (Fsp3) is 0.722. The van der Waals surface area contributed by atoms with E-state index in [9.17, 15) is 9.59 Å². The van der Waals surface area contributed by atoms with Gasteiger partial charge in [-0.05, 0) is 20.3 Å². The normalized spacial score (nSPS) is 23.7. The van der Waals surface area contributed by atoms with Gasteiger partial charge in [0, 0.05) is 20.6 Å². The van der Waals surface area contributed by atoms with Gasteiger partial charge in [-0.3, -0.25) is 13.9 Å². The Morgan fingerprint density at radius 2 is 1.81 bits per heavy atom. The van der Waals surface area contributed by atoms with Crippen molar-refractivity contribution < 1.29 is 9.64 Å². The third kappa shape index (κ3) is 3.35. The van der Waals surface area contributed by atoms with E-state index in [-0.39, 0.29) is 23.5 Å². The summed E-state index contributed by atoms with van der Waals surface area (Å²) in [6, 6.07) is 0. The number of morpholine rings is 1. The third-order valence-corrected chi connectivity index (χ3v) is 5.19. The van der Waals surface area contributed by atoms with Crippen LogP contribution >= 0.6 is 0 Å². The highest BCUT2D eigenvalue weighted by atomic mass is 16.5. The lowest BCUT2D eigenvalue weighted by Crippen LogP contribution is -3.14. The number of aryl methyl sites for hydroxylation is 2. The maximum absolute atomic E-state index is 12.8. The second kappa shape index (κ2) is 7.36. The number of quaternary nitrogens is 1. The van der Waals surface area contributed by atoms with Crippen molar-refractivity contribution in [2.75, 3.05) is 13.1 Å². The molecule has 0 radical (unpaired) electrons. The average molecular weight is 364 g/mol. The van der Waals surface area contributed by atoms with Gasteiger partial charge in [0.15, 0.2) is 17.0 Å². The van der Waals surface area contributed by atoms with E-state index in [4.69, 9.17) is 9.72 Å². The van der Waals surface area contributed by atoms with Crippen LogP contribution in [0.15, 0.2) is 9.59 Å². The van der Waals surface area contributed by atoms with Crippen molar-refractivity contribution in [1.82, 2.24) is 18.7 Å². The van der Waals surface area contributed by atoms with Gasteiger partial charge >= 0.3 is 5.69 Å². The first-order chi connectivity index (χ1) is 12.3. The minimum absolute atomic E-state index is 0.208. The number of unbranched alkanes of at least 4 members (excludes halogenated alkanes) is 1. The van der Waals surface area contributed by atoms with E-state index in [0.717, 1.165) is 44.8 Å². The lowest BCUT2D eigenvalue weighted by Gasteiger charge is -2.32. The largest absolute Gasteiger partial charge is 0.364 e. The molecule has 0 amide bonds. The minimum Gasteiger partial charge on any atom is -0.364 e. The molecule has 2 atom stereocenters. The highest BCUT2D eigenvalue weighted by Gasteiger charge is 2.28. The molecule has 8 heteroatoms. The first-order valence-electron chi connectivity index (χ1n) is 9.47. The Kier molecular flexibility index (Phi) is 5.34. The monoisotopic (exact) mass is 364 g/mol. The van der Waals surface area contributed by atoms with Gasteiger partial charge in [-0.15, -0.1) is 0 Å². The van der Waals surface area contributed by atoms with Gasteiger partial charge in [-0.25, -0.2) is 9.78 Å². The Morgan fingerprint density at radius 1 is 1.15 bits per heavy atom. The highest BCUT2D eigenvalue weighted by molar-refractivity contribution is 5.71. The topological polar surface area (TPSA) is 75.5 Å². The lowest BCUT2D eigenvalue weighted by molar-refractivity contribution is -0.929. The maximum Gasteiger partial charge on any atom is 0.332 e. The molecule has 1 aliphatic rings. The molecule has 0 bridgehead atoms. The predicted octanol–water partition coefficient (Wildman–Crippen LogP) is -0.574. The number of nitrogens with zero attached hydrogens (tertiary/aromatic N) is 4. The zero-order valence-electron chi connectivity index (χ0n) is 16.4. The van der Waals surface area contributed by atoms with Crippen molar-refractivity contribution in [3.05, 3.63) is 26.7 Å². The van der Waals surface area contributed by atoms with E-state index in [2.05, 4.69) is 20.8 Å². The van der Waals surface area contributed by atoms with Crippen LogP contribution in [0.3, 0.4) is 0 Å². The smallest absolute Gasteiger partial charge is 0.332 e. The van der Waals surface area contributed by atoms with E-state index >= 15 is 0 Å². The molecule has 8 nitrogen and oxygen atoms in total. The van der Waals surface area contributed by atoms with E-state index in [1.54, 1.807) is 7.05 Å². The van der Waals surface area contributed by atoms with Gasteiger partial charge in [0.1, 0.15) is 31.8 Å². The molecule has 1 aliphatic heterocycles. The summed E-state index contributed by atoms with van der Waals surface area (Å²) in [7, 11) is 3.20. The number of rotatable bonds is 5. The molecular formula is C18H30N5O3+. The number of fused-ring (bicyclic) bond motifs is 1. The molecule has 0 saturated carbocycles. The van der Waals surface area contributed by atoms with Crippen LogP contribution in [0.1, 0.15) is 39.4 Å². The molecular weight excluding hydrogens is 334 g/mol. The Bertz CT molecular complexity index is 900. The van der Waals surface area contributed by atoms with Crippen LogP contribution in [-0.2, 0) is 31.9 Å². The summed E-state index contributed by atoms with van der Waals surface area (Å²) in [5.74, 6) is 0.878. The van der Waals surface area contributed by atoms with Crippen molar-refractivity contribution in [2.24, 2.45) is 14.1 Å². The summed E-state index contributed by atoms with van der Waals surface area (Å²) in [6.07, 6.45) is 2.42. The summed E-state index contributed by atoms with van der Waals surface area (Å²) in [6.45, 7) is 9.61. The molecule has 0 unspecified atom stereocenters. The fourth-order valence-corrected chi connectivity index (χ4v) is 3.94. The first kappa shape index (κ1) is 18.8. The Morgan fingerprint density at radius 3 is 2.42 bits per heavy atom. The molecule has 2 aromatic rings. The number of imidazole rings is 1. The Balaban J connectivity index is 2.09. The van der Waals surface area contributed by atoms with Gasteiger partial charge < -0.3 is 14.2 Å². The minimum atomic E-state index is -0.338. The summed E-state index contributed by atoms with van der Waals surface area (Å²) in [5.41, 5.74) is 0.414. The van der Waals surface area contributed by atoms with E-state index in [0.29, 0.717) is 11.2 Å². The van der Waals surface area contributed by atoms with Crippen LogP contribution in [0.2, 0.25) is 0 Å². The number of aromatic nitrogens is 4. The summed E-state index contributed by atoms with van der Waals surface area (Å²) < 4.78 is 10.5. The standard InChI is InChI=1S/C18H29N5O3/c1-6-7-8-23-14(11-22-9-12(2)26-13(3)10-22)19-16-15(23)17(24)21(5)18(25)20(16)4/h12-13H,6-11H2,1-5H3/p+1/t12-,13-/m0/s1. The molecule has 0 spiro atoms. The molecule has 1 saturated heterocycles. The van der Waals surface area contributed by atoms with Crippen molar-refractivity contribution >= 4 is 11.2 Å². The number of hydrogen-bond acceptors (Lipinski definition) is 4. The van der Waals surface area contributed by atoms with Crippen LogP contribution in [0.5, 0.6) is 0 Å². The average Bonchev–Trinajstić information content (AvgIpc) is 2.93. The van der Waals surface area contributed by atoms with Crippen LogP contribution < -0.4 is 16.1 Å². The maximum atomic E-state index is 12.8. The Hall–Kier alpha value is -1.93. The molecule has 0 aliphatic carbocycles. The third-order valence-electron chi connectivity index (χ3n) is 5.19. The zero-order valence-corrected chi connectivity index (χ0v) is 16.4. The molecule has 3 heterocycles. The van der Waals surface area contributed by atoms with Crippen molar-refractivity contribution in [1.29, 1.82) is 0 Å². The van der Waals surface area contributed by atoms with Gasteiger partial charge in [-0.1, -0.05) is 13.3 Å².